The standard InChI is InChI=1S/C7H6I2N2/c1-3-5-10-6(8)4(2)7(9)11-5/h3H,1H2,2H3. The van der Waals surface area contributed by atoms with Crippen LogP contribution >= 0.6 is 45.2 Å². The molecule has 58 valence electrons. The van der Waals surface area contributed by atoms with Crippen molar-refractivity contribution in [2.45, 2.75) is 6.92 Å². The summed E-state index contributed by atoms with van der Waals surface area (Å²) >= 11 is 4.39. The van der Waals surface area contributed by atoms with Gasteiger partial charge in [-0.2, -0.15) is 0 Å². The van der Waals surface area contributed by atoms with E-state index < -0.39 is 0 Å². The van der Waals surface area contributed by atoms with Gasteiger partial charge in [0, 0.05) is 5.56 Å². The molecule has 0 aliphatic heterocycles. The second kappa shape index (κ2) is 3.79. The van der Waals surface area contributed by atoms with Gasteiger partial charge < -0.3 is 0 Å². The van der Waals surface area contributed by atoms with Crippen molar-refractivity contribution in [2.75, 3.05) is 0 Å². The maximum absolute atomic E-state index is 4.20. The second-order valence-corrected chi connectivity index (χ2v) is 4.04. The van der Waals surface area contributed by atoms with Gasteiger partial charge in [-0.1, -0.05) is 6.58 Å². The highest BCUT2D eigenvalue weighted by atomic mass is 127. The molecule has 0 bridgehead atoms. The van der Waals surface area contributed by atoms with Crippen LogP contribution in [0.4, 0.5) is 0 Å². The molecule has 0 aliphatic rings. The van der Waals surface area contributed by atoms with Crippen molar-refractivity contribution in [3.8, 4) is 0 Å². The Labute approximate surface area is 92.8 Å². The lowest BCUT2D eigenvalue weighted by Crippen LogP contribution is -1.97. The first kappa shape index (κ1) is 9.37. The van der Waals surface area contributed by atoms with Crippen LogP contribution < -0.4 is 0 Å². The van der Waals surface area contributed by atoms with Crippen LogP contribution in [0.5, 0.6) is 0 Å². The van der Waals surface area contributed by atoms with Gasteiger partial charge in [-0.05, 0) is 58.2 Å². The minimum atomic E-state index is 0.699. The van der Waals surface area contributed by atoms with Crippen LogP contribution in [0, 0.1) is 14.3 Å². The van der Waals surface area contributed by atoms with Gasteiger partial charge in [0.25, 0.3) is 0 Å². The summed E-state index contributed by atoms with van der Waals surface area (Å²) in [6.07, 6.45) is 1.66. The highest BCUT2D eigenvalue weighted by molar-refractivity contribution is 14.1. The van der Waals surface area contributed by atoms with Gasteiger partial charge in [0.1, 0.15) is 7.40 Å². The van der Waals surface area contributed by atoms with Crippen LogP contribution in [0.25, 0.3) is 6.08 Å². The summed E-state index contributed by atoms with van der Waals surface area (Å²) in [6.45, 7) is 5.62. The highest BCUT2D eigenvalue weighted by Crippen LogP contribution is 2.14. The molecule has 2 nitrogen and oxygen atoms in total. The fourth-order valence-corrected chi connectivity index (χ4v) is 2.09. The Hall–Kier alpha value is 0.280. The summed E-state index contributed by atoms with van der Waals surface area (Å²) in [6, 6.07) is 0. The predicted molar refractivity (Wildman–Crippen MR) is 62.3 cm³/mol. The fourth-order valence-electron chi connectivity index (χ4n) is 0.570. The third-order valence-electron chi connectivity index (χ3n) is 1.23. The fraction of sp³-hybridized carbons (Fsp3) is 0.143. The van der Waals surface area contributed by atoms with E-state index in [1.54, 1.807) is 6.08 Å². The van der Waals surface area contributed by atoms with Crippen molar-refractivity contribution in [1.29, 1.82) is 0 Å². The van der Waals surface area contributed by atoms with Gasteiger partial charge in [-0.15, -0.1) is 0 Å². The quantitative estimate of drug-likeness (QED) is 0.560. The zero-order valence-corrected chi connectivity index (χ0v) is 10.2. The number of rotatable bonds is 1. The molecule has 0 N–H and O–H groups in total. The number of hydrogen-bond acceptors (Lipinski definition) is 2. The third kappa shape index (κ3) is 2.11. The average molecular weight is 372 g/mol. The number of nitrogens with zero attached hydrogens (tertiary/aromatic N) is 2. The van der Waals surface area contributed by atoms with E-state index in [1.165, 1.54) is 0 Å². The van der Waals surface area contributed by atoms with E-state index in [2.05, 4.69) is 61.7 Å². The van der Waals surface area contributed by atoms with E-state index in [-0.39, 0.29) is 0 Å². The van der Waals surface area contributed by atoms with Crippen LogP contribution in [0.3, 0.4) is 0 Å². The maximum atomic E-state index is 4.20. The zero-order chi connectivity index (χ0) is 8.43. The van der Waals surface area contributed by atoms with Crippen molar-refractivity contribution < 1.29 is 0 Å². The summed E-state index contributed by atoms with van der Waals surface area (Å²) in [5.74, 6) is 0.699. The smallest absolute Gasteiger partial charge is 0.153 e. The molecule has 0 aliphatic carbocycles. The summed E-state index contributed by atoms with van der Waals surface area (Å²) in [5, 5.41) is 0. The van der Waals surface area contributed by atoms with Crippen molar-refractivity contribution in [3.05, 3.63) is 25.4 Å². The van der Waals surface area contributed by atoms with Gasteiger partial charge in [-0.3, -0.25) is 0 Å². The summed E-state index contributed by atoms with van der Waals surface area (Å²) in [7, 11) is 0. The Morgan fingerprint density at radius 2 is 1.73 bits per heavy atom. The average Bonchev–Trinajstić information content (AvgIpc) is 1.99. The van der Waals surface area contributed by atoms with E-state index in [0.29, 0.717) is 5.82 Å². The molecule has 0 fully saturated rings. The lowest BCUT2D eigenvalue weighted by molar-refractivity contribution is 1.04. The van der Waals surface area contributed by atoms with Crippen LogP contribution in [0.15, 0.2) is 6.58 Å². The Morgan fingerprint density at radius 1 is 1.27 bits per heavy atom. The third-order valence-corrected chi connectivity index (χ3v) is 3.33. The molecule has 1 aromatic rings. The molecule has 1 rings (SSSR count). The van der Waals surface area contributed by atoms with Crippen molar-refractivity contribution in [2.24, 2.45) is 0 Å². The van der Waals surface area contributed by atoms with Crippen LogP contribution in [0.1, 0.15) is 11.4 Å². The van der Waals surface area contributed by atoms with Gasteiger partial charge in [0.05, 0.1) is 0 Å². The molecule has 4 heteroatoms. The van der Waals surface area contributed by atoms with E-state index in [1.807, 2.05) is 6.92 Å². The summed E-state index contributed by atoms with van der Waals surface area (Å²) < 4.78 is 1.99. The normalized spacial score (nSPS) is 9.73. The predicted octanol–water partition coefficient (Wildman–Crippen LogP) is 2.64. The number of hydrogen-bond donors (Lipinski definition) is 0. The molecule has 1 aromatic heterocycles. The summed E-state index contributed by atoms with van der Waals surface area (Å²) in [5.41, 5.74) is 1.14. The molecule has 0 saturated heterocycles. The first-order valence-corrected chi connectivity index (χ1v) is 5.13. The van der Waals surface area contributed by atoms with Crippen molar-refractivity contribution in [3.63, 3.8) is 0 Å². The lowest BCUT2D eigenvalue weighted by atomic mass is 10.4. The molecule has 0 spiro atoms. The second-order valence-electron chi connectivity index (χ2n) is 1.99. The SMILES string of the molecule is C=Cc1nc(I)c(C)c(I)n1. The molecule has 0 atom stereocenters. The zero-order valence-electron chi connectivity index (χ0n) is 5.93. The number of halogens is 2. The van der Waals surface area contributed by atoms with Gasteiger partial charge in [0.15, 0.2) is 5.82 Å². The molecule has 11 heavy (non-hydrogen) atoms. The first-order valence-electron chi connectivity index (χ1n) is 2.97. The minimum absolute atomic E-state index is 0.699. The van der Waals surface area contributed by atoms with Crippen LogP contribution in [0.2, 0.25) is 0 Å². The molecule has 0 saturated carbocycles. The highest BCUT2D eigenvalue weighted by Gasteiger charge is 2.03. The van der Waals surface area contributed by atoms with Gasteiger partial charge in [0.2, 0.25) is 0 Å². The van der Waals surface area contributed by atoms with E-state index in [9.17, 15) is 0 Å². The minimum Gasteiger partial charge on any atom is -0.222 e. The molecule has 1 heterocycles. The van der Waals surface area contributed by atoms with Crippen molar-refractivity contribution >= 4 is 51.3 Å². The van der Waals surface area contributed by atoms with E-state index >= 15 is 0 Å². The Morgan fingerprint density at radius 3 is 2.09 bits per heavy atom. The monoisotopic (exact) mass is 372 g/mol. The molecular weight excluding hydrogens is 366 g/mol. The van der Waals surface area contributed by atoms with Crippen LogP contribution in [-0.4, -0.2) is 9.97 Å². The topological polar surface area (TPSA) is 25.8 Å². The Bertz CT molecular complexity index is 273. The molecular formula is C7H6I2N2. The van der Waals surface area contributed by atoms with E-state index in [4.69, 9.17) is 0 Å². The largest absolute Gasteiger partial charge is 0.222 e. The van der Waals surface area contributed by atoms with Gasteiger partial charge in [-0.25, -0.2) is 9.97 Å². The van der Waals surface area contributed by atoms with Crippen LogP contribution in [-0.2, 0) is 0 Å². The number of aromatic nitrogens is 2. The van der Waals surface area contributed by atoms with Crippen molar-refractivity contribution in [1.82, 2.24) is 9.97 Å². The molecule has 0 radical (unpaired) electrons. The molecule has 0 unspecified atom stereocenters. The molecule has 0 amide bonds. The summed E-state index contributed by atoms with van der Waals surface area (Å²) in [4.78, 5) is 8.41. The maximum Gasteiger partial charge on any atom is 0.153 e. The Kier molecular flexibility index (Phi) is 3.23. The van der Waals surface area contributed by atoms with E-state index in [0.717, 1.165) is 13.0 Å². The van der Waals surface area contributed by atoms with Gasteiger partial charge >= 0.3 is 0 Å². The first-order chi connectivity index (χ1) is 5.15. The lowest BCUT2D eigenvalue weighted by Gasteiger charge is -2.00. The molecule has 0 aromatic carbocycles. The Balaban J connectivity index is 3.31.